The number of rotatable bonds is 3. The van der Waals surface area contributed by atoms with E-state index in [1.54, 1.807) is 17.4 Å². The van der Waals surface area contributed by atoms with Crippen molar-refractivity contribution in [3.05, 3.63) is 55.9 Å². The van der Waals surface area contributed by atoms with Crippen LogP contribution in [0.4, 0.5) is 4.39 Å². The van der Waals surface area contributed by atoms with Gasteiger partial charge in [0.05, 0.1) is 6.04 Å². The quantitative estimate of drug-likeness (QED) is 0.791. The van der Waals surface area contributed by atoms with Gasteiger partial charge in [0, 0.05) is 19.8 Å². The molecule has 1 unspecified atom stereocenters. The van der Waals surface area contributed by atoms with Crippen LogP contribution in [0.25, 0.3) is 0 Å². The van der Waals surface area contributed by atoms with Crippen molar-refractivity contribution in [2.75, 3.05) is 7.05 Å². The molecule has 1 aromatic heterocycles. The summed E-state index contributed by atoms with van der Waals surface area (Å²) in [6.07, 6.45) is 0. The number of hydrogen-bond acceptors (Lipinski definition) is 2. The molecule has 0 saturated carbocycles. The highest BCUT2D eigenvalue weighted by Gasteiger charge is 2.22. The van der Waals surface area contributed by atoms with Crippen LogP contribution in [0.3, 0.4) is 0 Å². The smallest absolute Gasteiger partial charge is 0.128 e. The van der Waals surface area contributed by atoms with Crippen molar-refractivity contribution in [3.63, 3.8) is 0 Å². The van der Waals surface area contributed by atoms with Gasteiger partial charge in [-0.2, -0.15) is 0 Å². The molecule has 4 heteroatoms. The Morgan fingerprint density at radius 3 is 2.45 bits per heavy atom. The summed E-state index contributed by atoms with van der Waals surface area (Å²) in [6, 6.07) is 9.18. The molecule has 2 aromatic rings. The molecule has 0 aliphatic rings. The van der Waals surface area contributed by atoms with Crippen LogP contribution >= 0.6 is 27.3 Å². The highest BCUT2D eigenvalue weighted by molar-refractivity contribution is 9.10. The molecule has 1 heterocycles. The van der Waals surface area contributed by atoms with Crippen molar-refractivity contribution >= 4 is 27.3 Å². The minimum atomic E-state index is -0.182. The average Bonchev–Trinajstić information content (AvgIpc) is 2.84. The molecule has 2 rings (SSSR count). The van der Waals surface area contributed by atoms with Crippen LogP contribution in [0.15, 0.2) is 34.8 Å². The molecular formula is C16H19BrFNS. The zero-order valence-corrected chi connectivity index (χ0v) is 14.5. The first kappa shape index (κ1) is 15.7. The molecule has 0 spiro atoms. The van der Waals surface area contributed by atoms with E-state index in [9.17, 15) is 4.39 Å². The van der Waals surface area contributed by atoms with Crippen molar-refractivity contribution < 1.29 is 4.39 Å². The molecule has 0 aliphatic carbocycles. The summed E-state index contributed by atoms with van der Waals surface area (Å²) < 4.78 is 15.0. The monoisotopic (exact) mass is 355 g/mol. The zero-order chi connectivity index (χ0) is 14.9. The number of benzene rings is 1. The van der Waals surface area contributed by atoms with Crippen molar-refractivity contribution in [2.45, 2.75) is 32.2 Å². The predicted molar refractivity (Wildman–Crippen MR) is 88.0 cm³/mol. The van der Waals surface area contributed by atoms with Gasteiger partial charge in [0.1, 0.15) is 5.82 Å². The third-order valence-electron chi connectivity index (χ3n) is 3.21. The number of nitrogens with one attached hydrogen (secondary N) is 1. The summed E-state index contributed by atoms with van der Waals surface area (Å²) in [7, 11) is 1.86. The number of hydrogen-bond donors (Lipinski definition) is 1. The molecule has 1 nitrogen and oxygen atoms in total. The normalized spacial score (nSPS) is 13.5. The Labute approximate surface area is 132 Å². The van der Waals surface area contributed by atoms with Crippen LogP contribution < -0.4 is 5.32 Å². The van der Waals surface area contributed by atoms with E-state index >= 15 is 0 Å². The lowest BCUT2D eigenvalue weighted by Gasteiger charge is -2.18. The molecule has 1 aromatic carbocycles. The summed E-state index contributed by atoms with van der Waals surface area (Å²) in [4.78, 5) is 2.44. The van der Waals surface area contributed by atoms with Gasteiger partial charge in [-0.15, -0.1) is 11.3 Å². The Morgan fingerprint density at radius 2 is 1.90 bits per heavy atom. The van der Waals surface area contributed by atoms with Gasteiger partial charge in [0.15, 0.2) is 0 Å². The van der Waals surface area contributed by atoms with Gasteiger partial charge < -0.3 is 5.32 Å². The van der Waals surface area contributed by atoms with E-state index in [1.165, 1.54) is 10.9 Å². The molecule has 20 heavy (non-hydrogen) atoms. The van der Waals surface area contributed by atoms with Gasteiger partial charge in [-0.25, -0.2) is 4.39 Å². The second-order valence-electron chi connectivity index (χ2n) is 5.84. The maximum atomic E-state index is 14.1. The van der Waals surface area contributed by atoms with Crippen LogP contribution in [0, 0.1) is 5.82 Å². The van der Waals surface area contributed by atoms with Crippen LogP contribution in [-0.2, 0) is 5.41 Å². The Kier molecular flexibility index (Phi) is 4.67. The van der Waals surface area contributed by atoms with Gasteiger partial charge in [-0.3, -0.25) is 0 Å². The van der Waals surface area contributed by atoms with Gasteiger partial charge in [-0.1, -0.05) is 36.7 Å². The van der Waals surface area contributed by atoms with E-state index in [0.29, 0.717) is 5.56 Å². The minimum Gasteiger partial charge on any atom is -0.309 e. The molecule has 0 aliphatic heterocycles. The van der Waals surface area contributed by atoms with Crippen LogP contribution in [0.2, 0.25) is 0 Å². The molecule has 0 radical (unpaired) electrons. The van der Waals surface area contributed by atoms with Gasteiger partial charge in [0.2, 0.25) is 0 Å². The third-order valence-corrected chi connectivity index (χ3v) is 5.28. The Hall–Kier alpha value is -0.710. The van der Waals surface area contributed by atoms with Crippen molar-refractivity contribution in [3.8, 4) is 0 Å². The summed E-state index contributed by atoms with van der Waals surface area (Å²) in [6.45, 7) is 6.57. The number of halogens is 2. The first-order valence-corrected chi connectivity index (χ1v) is 8.16. The third kappa shape index (κ3) is 3.30. The summed E-state index contributed by atoms with van der Waals surface area (Å²) in [5.41, 5.74) is 0.793. The van der Waals surface area contributed by atoms with E-state index in [2.05, 4.69) is 54.2 Å². The Bertz CT molecular complexity index is 601. The lowest BCUT2D eigenvalue weighted by molar-refractivity contribution is 0.579. The van der Waals surface area contributed by atoms with Crippen LogP contribution in [-0.4, -0.2) is 7.05 Å². The minimum absolute atomic E-state index is 0.117. The first-order valence-electron chi connectivity index (χ1n) is 6.55. The first-order chi connectivity index (χ1) is 9.32. The molecule has 0 bridgehead atoms. The van der Waals surface area contributed by atoms with E-state index in [-0.39, 0.29) is 17.3 Å². The maximum Gasteiger partial charge on any atom is 0.128 e. The lowest BCUT2D eigenvalue weighted by atomic mass is 9.95. The fraction of sp³-hybridized carbons (Fsp3) is 0.375. The van der Waals surface area contributed by atoms with Gasteiger partial charge >= 0.3 is 0 Å². The highest BCUT2D eigenvalue weighted by atomic mass is 79.9. The molecular weight excluding hydrogens is 337 g/mol. The van der Waals surface area contributed by atoms with E-state index in [4.69, 9.17) is 0 Å². The van der Waals surface area contributed by atoms with Crippen molar-refractivity contribution in [1.82, 2.24) is 5.32 Å². The topological polar surface area (TPSA) is 12.0 Å². The Morgan fingerprint density at radius 1 is 1.20 bits per heavy atom. The second kappa shape index (κ2) is 5.96. The largest absolute Gasteiger partial charge is 0.309 e. The molecule has 108 valence electrons. The molecule has 1 N–H and O–H groups in total. The lowest BCUT2D eigenvalue weighted by Crippen LogP contribution is -2.18. The predicted octanol–water partition coefficient (Wildman–Crippen LogP) is 5.26. The molecule has 1 atom stereocenters. The van der Waals surface area contributed by atoms with E-state index < -0.39 is 0 Å². The average molecular weight is 356 g/mol. The highest BCUT2D eigenvalue weighted by Crippen LogP contribution is 2.35. The van der Waals surface area contributed by atoms with E-state index in [1.807, 2.05) is 13.1 Å². The molecule has 0 fully saturated rings. The van der Waals surface area contributed by atoms with Crippen molar-refractivity contribution in [2.24, 2.45) is 0 Å². The zero-order valence-electron chi connectivity index (χ0n) is 12.1. The standard InChI is InChI=1S/C16H19BrFNS/c1-16(2,3)14-8-7-13(20-14)15(19-4)11-9-10(17)5-6-12(11)18/h5-9,15,19H,1-4H3. The fourth-order valence-electron chi connectivity index (χ4n) is 2.10. The Balaban J connectivity index is 2.42. The van der Waals surface area contributed by atoms with Crippen LogP contribution in [0.1, 0.15) is 42.1 Å². The summed E-state index contributed by atoms with van der Waals surface area (Å²) in [5.74, 6) is -0.182. The summed E-state index contributed by atoms with van der Waals surface area (Å²) in [5, 5.41) is 3.22. The van der Waals surface area contributed by atoms with E-state index in [0.717, 1.165) is 9.35 Å². The molecule has 0 amide bonds. The summed E-state index contributed by atoms with van der Waals surface area (Å²) >= 11 is 5.15. The van der Waals surface area contributed by atoms with Crippen LogP contribution in [0.5, 0.6) is 0 Å². The van der Waals surface area contributed by atoms with Gasteiger partial charge in [-0.05, 0) is 42.8 Å². The van der Waals surface area contributed by atoms with Crippen molar-refractivity contribution in [1.29, 1.82) is 0 Å². The molecule has 0 saturated heterocycles. The number of thiophene rings is 1. The van der Waals surface area contributed by atoms with Gasteiger partial charge in [0.25, 0.3) is 0 Å². The maximum absolute atomic E-state index is 14.1. The SMILES string of the molecule is CNC(c1ccc(C(C)(C)C)s1)c1cc(Br)ccc1F. The second-order valence-corrected chi connectivity index (χ2v) is 7.87. The fourth-order valence-corrected chi connectivity index (χ4v) is 3.67.